The van der Waals surface area contributed by atoms with E-state index in [4.69, 9.17) is 5.73 Å². The minimum atomic E-state index is -0.122. The van der Waals surface area contributed by atoms with Crippen molar-refractivity contribution in [1.29, 1.82) is 0 Å². The van der Waals surface area contributed by atoms with Crippen molar-refractivity contribution in [2.45, 2.75) is 12.5 Å². The summed E-state index contributed by atoms with van der Waals surface area (Å²) in [6.07, 6.45) is 9.28. The smallest absolute Gasteiger partial charge is 0.0757 e. The molecule has 4 nitrogen and oxygen atoms in total. The van der Waals surface area contributed by atoms with Gasteiger partial charge in [-0.25, -0.2) is 0 Å². The molecule has 2 N–H and O–H groups in total. The van der Waals surface area contributed by atoms with E-state index in [9.17, 15) is 0 Å². The molecular formula is C11H12N4. The molecule has 0 aliphatic rings. The average molecular weight is 200 g/mol. The standard InChI is InChI=1S/C11H12N4/c12-10(11-8-14-4-5-15-11)6-9-2-1-3-13-7-9/h1-5,7-8,10H,6,12H2. The molecule has 4 heteroatoms. The van der Waals surface area contributed by atoms with Gasteiger partial charge in [-0.2, -0.15) is 0 Å². The summed E-state index contributed by atoms with van der Waals surface area (Å²) in [6, 6.07) is 3.78. The number of hydrogen-bond acceptors (Lipinski definition) is 4. The van der Waals surface area contributed by atoms with Gasteiger partial charge in [-0.05, 0) is 18.1 Å². The molecule has 2 aromatic heterocycles. The van der Waals surface area contributed by atoms with Gasteiger partial charge in [0.2, 0.25) is 0 Å². The molecule has 1 atom stereocenters. The Morgan fingerprint density at radius 3 is 2.67 bits per heavy atom. The van der Waals surface area contributed by atoms with Crippen LogP contribution in [-0.2, 0) is 6.42 Å². The lowest BCUT2D eigenvalue weighted by Crippen LogP contribution is -2.15. The summed E-state index contributed by atoms with van der Waals surface area (Å²) in [7, 11) is 0. The Labute approximate surface area is 88.2 Å². The SMILES string of the molecule is NC(Cc1cccnc1)c1cnccn1. The maximum atomic E-state index is 6.00. The minimum Gasteiger partial charge on any atom is -0.322 e. The Morgan fingerprint density at radius 2 is 2.00 bits per heavy atom. The summed E-state index contributed by atoms with van der Waals surface area (Å²) in [5.74, 6) is 0. The van der Waals surface area contributed by atoms with Crippen molar-refractivity contribution < 1.29 is 0 Å². The summed E-state index contributed by atoms with van der Waals surface area (Å²) in [6.45, 7) is 0. The zero-order chi connectivity index (χ0) is 10.5. The van der Waals surface area contributed by atoms with Gasteiger partial charge in [-0.15, -0.1) is 0 Å². The predicted octanol–water partition coefficient (Wildman–Crippen LogP) is 1.11. The number of rotatable bonds is 3. The largest absolute Gasteiger partial charge is 0.322 e. The maximum absolute atomic E-state index is 6.00. The number of hydrogen-bond donors (Lipinski definition) is 1. The zero-order valence-corrected chi connectivity index (χ0v) is 8.24. The molecule has 0 saturated carbocycles. The van der Waals surface area contributed by atoms with E-state index in [1.165, 1.54) is 0 Å². The lowest BCUT2D eigenvalue weighted by molar-refractivity contribution is 0.689. The van der Waals surface area contributed by atoms with Crippen LogP contribution < -0.4 is 5.73 Å². The maximum Gasteiger partial charge on any atom is 0.0757 e. The second-order valence-electron chi connectivity index (χ2n) is 3.30. The Hall–Kier alpha value is -1.81. The normalized spacial score (nSPS) is 12.3. The highest BCUT2D eigenvalue weighted by atomic mass is 14.8. The Bertz CT molecular complexity index is 401. The van der Waals surface area contributed by atoms with Gasteiger partial charge in [0.1, 0.15) is 0 Å². The van der Waals surface area contributed by atoms with Gasteiger partial charge in [0, 0.05) is 31.0 Å². The fraction of sp³-hybridized carbons (Fsp3) is 0.182. The lowest BCUT2D eigenvalue weighted by Gasteiger charge is -2.09. The topological polar surface area (TPSA) is 64.7 Å². The molecule has 0 radical (unpaired) electrons. The second-order valence-corrected chi connectivity index (χ2v) is 3.30. The van der Waals surface area contributed by atoms with Crippen LogP contribution in [0.3, 0.4) is 0 Å². The van der Waals surface area contributed by atoms with Crippen LogP contribution in [0.25, 0.3) is 0 Å². The molecule has 0 spiro atoms. The number of pyridine rings is 1. The third kappa shape index (κ3) is 2.57. The van der Waals surface area contributed by atoms with E-state index >= 15 is 0 Å². The first-order valence-corrected chi connectivity index (χ1v) is 4.76. The van der Waals surface area contributed by atoms with Crippen LogP contribution >= 0.6 is 0 Å². The van der Waals surface area contributed by atoms with Crippen LogP contribution in [0.2, 0.25) is 0 Å². The van der Waals surface area contributed by atoms with E-state index in [2.05, 4.69) is 15.0 Å². The fourth-order valence-corrected chi connectivity index (χ4v) is 1.38. The van der Waals surface area contributed by atoms with Crippen molar-refractivity contribution in [1.82, 2.24) is 15.0 Å². The van der Waals surface area contributed by atoms with E-state index in [-0.39, 0.29) is 6.04 Å². The molecule has 2 heterocycles. The summed E-state index contributed by atoms with van der Waals surface area (Å²) >= 11 is 0. The summed E-state index contributed by atoms with van der Waals surface area (Å²) in [5.41, 5.74) is 7.91. The first-order valence-electron chi connectivity index (χ1n) is 4.76. The molecule has 0 bridgehead atoms. The molecule has 0 amide bonds. The van der Waals surface area contributed by atoms with E-state index in [0.29, 0.717) is 0 Å². The molecule has 2 aromatic rings. The third-order valence-corrected chi connectivity index (χ3v) is 2.14. The molecule has 1 unspecified atom stereocenters. The molecule has 76 valence electrons. The highest BCUT2D eigenvalue weighted by Crippen LogP contribution is 2.11. The van der Waals surface area contributed by atoms with Crippen molar-refractivity contribution in [3.63, 3.8) is 0 Å². The van der Waals surface area contributed by atoms with Gasteiger partial charge in [-0.3, -0.25) is 15.0 Å². The van der Waals surface area contributed by atoms with Gasteiger partial charge in [0.25, 0.3) is 0 Å². The van der Waals surface area contributed by atoms with Crippen LogP contribution in [-0.4, -0.2) is 15.0 Å². The Kier molecular flexibility index (Phi) is 2.99. The quantitative estimate of drug-likeness (QED) is 0.806. The fourth-order valence-electron chi connectivity index (χ4n) is 1.38. The van der Waals surface area contributed by atoms with Gasteiger partial charge in [0.05, 0.1) is 11.7 Å². The van der Waals surface area contributed by atoms with Crippen molar-refractivity contribution in [3.8, 4) is 0 Å². The van der Waals surface area contributed by atoms with Gasteiger partial charge >= 0.3 is 0 Å². The molecule has 0 aromatic carbocycles. The molecule has 15 heavy (non-hydrogen) atoms. The predicted molar refractivity (Wildman–Crippen MR) is 56.9 cm³/mol. The Balaban J connectivity index is 2.08. The molecule has 2 rings (SSSR count). The van der Waals surface area contributed by atoms with E-state index in [0.717, 1.165) is 17.7 Å². The van der Waals surface area contributed by atoms with Crippen molar-refractivity contribution >= 4 is 0 Å². The van der Waals surface area contributed by atoms with Crippen LogP contribution in [0.1, 0.15) is 17.3 Å². The van der Waals surface area contributed by atoms with Gasteiger partial charge in [0.15, 0.2) is 0 Å². The van der Waals surface area contributed by atoms with E-state index in [1.54, 1.807) is 24.8 Å². The molecule has 0 aliphatic carbocycles. The van der Waals surface area contributed by atoms with Crippen LogP contribution in [0.15, 0.2) is 43.1 Å². The third-order valence-electron chi connectivity index (χ3n) is 2.14. The van der Waals surface area contributed by atoms with E-state index in [1.807, 2.05) is 18.3 Å². The second kappa shape index (κ2) is 4.61. The van der Waals surface area contributed by atoms with Crippen LogP contribution in [0.4, 0.5) is 0 Å². The number of nitrogens with two attached hydrogens (primary N) is 1. The average Bonchev–Trinajstić information content (AvgIpc) is 2.31. The van der Waals surface area contributed by atoms with E-state index < -0.39 is 0 Å². The highest BCUT2D eigenvalue weighted by molar-refractivity contribution is 5.13. The van der Waals surface area contributed by atoms with Crippen molar-refractivity contribution in [3.05, 3.63) is 54.4 Å². The summed E-state index contributed by atoms with van der Waals surface area (Å²) < 4.78 is 0. The number of nitrogens with zero attached hydrogens (tertiary/aromatic N) is 3. The van der Waals surface area contributed by atoms with Crippen molar-refractivity contribution in [2.24, 2.45) is 5.73 Å². The molecule has 0 aliphatic heterocycles. The highest BCUT2D eigenvalue weighted by Gasteiger charge is 2.07. The first-order chi connectivity index (χ1) is 7.36. The van der Waals surface area contributed by atoms with Crippen molar-refractivity contribution in [2.75, 3.05) is 0 Å². The molecule has 0 fully saturated rings. The zero-order valence-electron chi connectivity index (χ0n) is 8.24. The monoisotopic (exact) mass is 200 g/mol. The Morgan fingerprint density at radius 1 is 1.13 bits per heavy atom. The van der Waals surface area contributed by atoms with Gasteiger partial charge < -0.3 is 5.73 Å². The van der Waals surface area contributed by atoms with Crippen LogP contribution in [0.5, 0.6) is 0 Å². The summed E-state index contributed by atoms with van der Waals surface area (Å²) in [4.78, 5) is 12.2. The summed E-state index contributed by atoms with van der Waals surface area (Å²) in [5, 5.41) is 0. The lowest BCUT2D eigenvalue weighted by atomic mass is 10.1. The molecule has 0 saturated heterocycles. The van der Waals surface area contributed by atoms with Crippen LogP contribution in [0, 0.1) is 0 Å². The number of aromatic nitrogens is 3. The van der Waals surface area contributed by atoms with Gasteiger partial charge in [-0.1, -0.05) is 6.07 Å². The minimum absolute atomic E-state index is 0.122. The first kappa shape index (κ1) is 9.73. The molecular weight excluding hydrogens is 188 g/mol.